The number of rotatable bonds is 8. The maximum atomic E-state index is 13.3. The number of primary amides is 1. The number of nitrogens with one attached hydrogen (secondary N) is 1. The minimum absolute atomic E-state index is 0.101. The molecule has 0 spiro atoms. The molecule has 10 nitrogen and oxygen atoms in total. The maximum Gasteiger partial charge on any atom is 0.349 e. The average Bonchev–Trinajstić information content (AvgIpc) is 3.10. The molecule has 0 radical (unpaired) electrons. The zero-order valence-electron chi connectivity index (χ0n) is 19.1. The SMILES string of the molecule is NC(=O)C(CSc1ccc(Br)cc1)n1c(=O)n2n(c1=O)C(C(=O)NCC1CCC(N)CC1)C=CC2. The third kappa shape index (κ3) is 5.65. The summed E-state index contributed by atoms with van der Waals surface area (Å²) in [6.07, 6.45) is 7.02. The van der Waals surface area contributed by atoms with Crippen LogP contribution in [0.25, 0.3) is 0 Å². The summed E-state index contributed by atoms with van der Waals surface area (Å²) in [5.74, 6) is -0.722. The number of allylic oxidation sites excluding steroid dienone is 1. The summed E-state index contributed by atoms with van der Waals surface area (Å²) < 4.78 is 4.08. The fourth-order valence-electron chi connectivity index (χ4n) is 4.52. The van der Waals surface area contributed by atoms with Crippen molar-refractivity contribution in [2.24, 2.45) is 17.4 Å². The van der Waals surface area contributed by atoms with Gasteiger partial charge in [-0.2, -0.15) is 0 Å². The first-order chi connectivity index (χ1) is 16.8. The van der Waals surface area contributed by atoms with Crippen LogP contribution < -0.4 is 28.2 Å². The van der Waals surface area contributed by atoms with Crippen LogP contribution in [0.1, 0.15) is 37.8 Å². The van der Waals surface area contributed by atoms with E-state index in [0.717, 1.165) is 44.3 Å². The highest BCUT2D eigenvalue weighted by Crippen LogP contribution is 2.25. The van der Waals surface area contributed by atoms with Gasteiger partial charge in [0.15, 0.2) is 6.04 Å². The quantitative estimate of drug-likeness (QED) is 0.323. The number of nitrogens with two attached hydrogens (primary N) is 2. The van der Waals surface area contributed by atoms with Crippen molar-refractivity contribution in [1.82, 2.24) is 19.2 Å². The summed E-state index contributed by atoms with van der Waals surface area (Å²) in [5, 5.41) is 2.92. The number of hydrogen-bond donors (Lipinski definition) is 3. The molecule has 1 aromatic carbocycles. The topological polar surface area (TPSA) is 147 Å². The van der Waals surface area contributed by atoms with Gasteiger partial charge in [-0.3, -0.25) is 9.59 Å². The number of aromatic nitrogens is 3. The molecular weight excluding hydrogens is 536 g/mol. The van der Waals surface area contributed by atoms with Crippen LogP contribution in [0.15, 0.2) is 55.4 Å². The predicted octanol–water partition coefficient (Wildman–Crippen LogP) is 1.14. The standard InChI is InChI=1S/C23H29BrN6O4S/c24-15-5-9-17(10-6-15)35-13-19(20(26)31)29-22(33)28-11-1-2-18(30(28)23(29)34)21(32)27-12-14-3-7-16(25)8-4-14/h1-2,5-6,9-10,14,16,18-19H,3-4,7-8,11-13,25H2,(H2,26,31)(H,27,32). The molecule has 1 fully saturated rings. The average molecular weight is 565 g/mol. The van der Waals surface area contributed by atoms with E-state index in [1.54, 1.807) is 12.2 Å². The Morgan fingerprint density at radius 1 is 1.11 bits per heavy atom. The van der Waals surface area contributed by atoms with Gasteiger partial charge in [0, 0.05) is 27.7 Å². The van der Waals surface area contributed by atoms with Gasteiger partial charge in [0.2, 0.25) is 11.8 Å². The largest absolute Gasteiger partial charge is 0.368 e. The van der Waals surface area contributed by atoms with E-state index in [2.05, 4.69) is 21.2 Å². The summed E-state index contributed by atoms with van der Waals surface area (Å²) in [7, 11) is 0. The van der Waals surface area contributed by atoms with Crippen LogP contribution in [0, 0.1) is 5.92 Å². The fourth-order valence-corrected chi connectivity index (χ4v) is 5.77. The Morgan fingerprint density at radius 3 is 2.46 bits per heavy atom. The van der Waals surface area contributed by atoms with Crippen molar-refractivity contribution >= 4 is 39.5 Å². The zero-order chi connectivity index (χ0) is 25.1. The lowest BCUT2D eigenvalue weighted by Crippen LogP contribution is -2.43. The predicted molar refractivity (Wildman–Crippen MR) is 137 cm³/mol. The normalized spacial score (nSPS) is 22.4. The number of hydrogen-bond acceptors (Lipinski definition) is 6. The number of benzene rings is 1. The highest BCUT2D eigenvalue weighted by atomic mass is 79.9. The highest BCUT2D eigenvalue weighted by Gasteiger charge is 2.33. The molecule has 2 aromatic rings. The van der Waals surface area contributed by atoms with Crippen molar-refractivity contribution in [1.29, 1.82) is 0 Å². The number of carbonyl (C=O) groups excluding carboxylic acids is 2. The minimum Gasteiger partial charge on any atom is -0.368 e. The van der Waals surface area contributed by atoms with Crippen molar-refractivity contribution in [3.05, 3.63) is 61.9 Å². The molecule has 2 atom stereocenters. The lowest BCUT2D eigenvalue weighted by atomic mass is 9.86. The molecule has 1 aliphatic carbocycles. The van der Waals surface area contributed by atoms with Crippen molar-refractivity contribution < 1.29 is 9.59 Å². The lowest BCUT2D eigenvalue weighted by molar-refractivity contribution is -0.124. The van der Waals surface area contributed by atoms with Gasteiger partial charge >= 0.3 is 11.4 Å². The molecule has 0 bridgehead atoms. The summed E-state index contributed by atoms with van der Waals surface area (Å²) in [4.78, 5) is 52.7. The molecule has 4 rings (SSSR count). The summed E-state index contributed by atoms with van der Waals surface area (Å²) in [6.45, 7) is 0.611. The number of thioether (sulfide) groups is 1. The first kappa shape index (κ1) is 25.5. The molecule has 5 N–H and O–H groups in total. The molecule has 12 heteroatoms. The Balaban J connectivity index is 1.54. The van der Waals surface area contributed by atoms with Gasteiger partial charge in [0.25, 0.3) is 0 Å². The summed E-state index contributed by atoms with van der Waals surface area (Å²) in [5.41, 5.74) is 10.2. The van der Waals surface area contributed by atoms with E-state index in [-0.39, 0.29) is 24.2 Å². The Hall–Kier alpha value is -2.57. The third-order valence-electron chi connectivity index (χ3n) is 6.54. The number of nitrogens with zero attached hydrogens (tertiary/aromatic N) is 3. The Kier molecular flexibility index (Phi) is 8.02. The van der Waals surface area contributed by atoms with Crippen LogP contribution in [0.3, 0.4) is 0 Å². The van der Waals surface area contributed by atoms with Crippen LogP contribution >= 0.6 is 27.7 Å². The van der Waals surface area contributed by atoms with E-state index in [1.165, 1.54) is 16.4 Å². The molecule has 2 amide bonds. The number of fused-ring (bicyclic) bond motifs is 1. The monoisotopic (exact) mass is 564 g/mol. The Labute approximate surface area is 214 Å². The van der Waals surface area contributed by atoms with Crippen LogP contribution in [0.4, 0.5) is 0 Å². The highest BCUT2D eigenvalue weighted by molar-refractivity contribution is 9.10. The fraction of sp³-hybridized carbons (Fsp3) is 0.478. The van der Waals surface area contributed by atoms with E-state index in [0.29, 0.717) is 12.5 Å². The zero-order valence-corrected chi connectivity index (χ0v) is 21.5. The van der Waals surface area contributed by atoms with Crippen molar-refractivity contribution in [2.45, 2.75) is 55.2 Å². The van der Waals surface area contributed by atoms with Gasteiger partial charge in [0.05, 0.1) is 6.54 Å². The molecule has 2 unspecified atom stereocenters. The molecule has 1 aromatic heterocycles. The van der Waals surface area contributed by atoms with Crippen molar-refractivity contribution in [3.63, 3.8) is 0 Å². The van der Waals surface area contributed by atoms with Crippen molar-refractivity contribution in [3.8, 4) is 0 Å². The van der Waals surface area contributed by atoms with E-state index >= 15 is 0 Å². The van der Waals surface area contributed by atoms with E-state index in [9.17, 15) is 19.2 Å². The van der Waals surface area contributed by atoms with Crippen LogP contribution in [-0.2, 0) is 16.1 Å². The first-order valence-corrected chi connectivity index (χ1v) is 13.4. The van der Waals surface area contributed by atoms with Crippen LogP contribution in [0.2, 0.25) is 0 Å². The summed E-state index contributed by atoms with van der Waals surface area (Å²) >= 11 is 4.68. The van der Waals surface area contributed by atoms with Gasteiger partial charge in [-0.05, 0) is 55.9 Å². The molecule has 1 aliphatic heterocycles. The molecule has 0 saturated heterocycles. The second-order valence-corrected chi connectivity index (χ2v) is 11.0. The molecule has 2 aliphatic rings. The van der Waals surface area contributed by atoms with Crippen molar-refractivity contribution in [2.75, 3.05) is 12.3 Å². The van der Waals surface area contributed by atoms with Gasteiger partial charge in [0.1, 0.15) is 6.04 Å². The molecule has 188 valence electrons. The van der Waals surface area contributed by atoms with Gasteiger partial charge in [-0.25, -0.2) is 23.5 Å². The second kappa shape index (κ2) is 11.0. The second-order valence-electron chi connectivity index (χ2n) is 8.94. The van der Waals surface area contributed by atoms with Gasteiger partial charge < -0.3 is 16.8 Å². The molecule has 2 heterocycles. The smallest absolute Gasteiger partial charge is 0.349 e. The molecule has 35 heavy (non-hydrogen) atoms. The maximum absolute atomic E-state index is 13.3. The van der Waals surface area contributed by atoms with Crippen LogP contribution in [-0.4, -0.2) is 44.1 Å². The number of carbonyl (C=O) groups is 2. The Morgan fingerprint density at radius 2 is 1.80 bits per heavy atom. The third-order valence-corrected chi connectivity index (χ3v) is 8.15. The first-order valence-electron chi connectivity index (χ1n) is 11.6. The Bertz CT molecular complexity index is 1230. The van der Waals surface area contributed by atoms with E-state index in [4.69, 9.17) is 11.5 Å². The summed E-state index contributed by atoms with van der Waals surface area (Å²) in [6, 6.07) is 5.51. The van der Waals surface area contributed by atoms with Gasteiger partial charge in [-0.1, -0.05) is 28.1 Å². The van der Waals surface area contributed by atoms with Gasteiger partial charge in [-0.15, -0.1) is 11.8 Å². The van der Waals surface area contributed by atoms with E-state index < -0.39 is 29.4 Å². The molecular formula is C23H29BrN6O4S. The number of halogens is 1. The minimum atomic E-state index is -1.16. The van der Waals surface area contributed by atoms with Crippen LogP contribution in [0.5, 0.6) is 0 Å². The van der Waals surface area contributed by atoms with E-state index in [1.807, 2.05) is 24.3 Å². The lowest BCUT2D eigenvalue weighted by Gasteiger charge is -2.27. The molecule has 1 saturated carbocycles. The number of amides is 2.